The van der Waals surface area contributed by atoms with Crippen LogP contribution in [0.5, 0.6) is 0 Å². The number of nitrogens with one attached hydrogen (secondary N) is 1. The molecule has 3 aromatic carbocycles. The third-order valence-electron chi connectivity index (χ3n) is 6.73. The molecule has 0 aliphatic heterocycles. The van der Waals surface area contributed by atoms with Crippen LogP contribution < -0.4 is 0 Å². The molecule has 3 heteroatoms. The predicted octanol–water partition coefficient (Wildman–Crippen LogP) is 6.00. The number of hydrogen-bond donors (Lipinski definition) is 1. The number of carbonyl (C=O) groups excluding carboxylic acids is 1. The zero-order valence-electron chi connectivity index (χ0n) is 19.2. The summed E-state index contributed by atoms with van der Waals surface area (Å²) in [4.78, 5) is 19.5. The molecule has 0 spiro atoms. The highest BCUT2D eigenvalue weighted by Gasteiger charge is 2.42. The van der Waals surface area contributed by atoms with Gasteiger partial charge in [-0.15, -0.1) is 0 Å². The number of Topliss-reactive ketones (excluding diaryl/α,β-unsaturated/α-hetero) is 1. The number of fused-ring (bicyclic) bond motifs is 1. The Kier molecular flexibility index (Phi) is 6.57. The van der Waals surface area contributed by atoms with Gasteiger partial charge in [-0.3, -0.25) is 4.79 Å². The van der Waals surface area contributed by atoms with Gasteiger partial charge < -0.3 is 9.88 Å². The minimum absolute atomic E-state index is 0.185. The van der Waals surface area contributed by atoms with E-state index in [4.69, 9.17) is 0 Å². The lowest BCUT2D eigenvalue weighted by atomic mass is 9.66. The number of H-pyrrole nitrogens is 1. The number of benzene rings is 3. The van der Waals surface area contributed by atoms with E-state index in [1.54, 1.807) is 0 Å². The first-order valence-electron chi connectivity index (χ1n) is 11.4. The van der Waals surface area contributed by atoms with Crippen LogP contribution in [0, 0.1) is 0 Å². The van der Waals surface area contributed by atoms with Gasteiger partial charge in [0.1, 0.15) is 5.78 Å². The van der Waals surface area contributed by atoms with Crippen molar-refractivity contribution in [2.75, 3.05) is 14.1 Å². The molecule has 0 aliphatic rings. The maximum atomic E-state index is 13.8. The molecule has 0 saturated heterocycles. The highest BCUT2D eigenvalue weighted by molar-refractivity contribution is 5.93. The van der Waals surface area contributed by atoms with Gasteiger partial charge in [-0.1, -0.05) is 85.8 Å². The number of likely N-dealkylation sites (N-methyl/N-ethyl adjacent to an activating group) is 1. The average Bonchev–Trinajstić information content (AvgIpc) is 3.25. The maximum Gasteiger partial charge on any atom is 0.147 e. The molecule has 1 heterocycles. The van der Waals surface area contributed by atoms with E-state index >= 15 is 0 Å². The van der Waals surface area contributed by atoms with Gasteiger partial charge in [0.05, 0.1) is 5.41 Å². The average molecular weight is 425 g/mol. The molecule has 0 radical (unpaired) electrons. The minimum Gasteiger partial charge on any atom is -0.361 e. The normalized spacial score (nSPS) is 12.9. The van der Waals surface area contributed by atoms with Crippen LogP contribution in [0.25, 0.3) is 10.9 Å². The number of rotatable bonds is 9. The van der Waals surface area contributed by atoms with Gasteiger partial charge >= 0.3 is 0 Å². The van der Waals surface area contributed by atoms with Gasteiger partial charge in [0, 0.05) is 29.6 Å². The predicted molar refractivity (Wildman–Crippen MR) is 133 cm³/mol. The zero-order chi connectivity index (χ0) is 22.6. The van der Waals surface area contributed by atoms with Gasteiger partial charge in [0.25, 0.3) is 0 Å². The van der Waals surface area contributed by atoms with Crippen molar-refractivity contribution in [1.82, 2.24) is 9.88 Å². The lowest BCUT2D eigenvalue weighted by molar-refractivity contribution is -0.123. The Balaban J connectivity index is 1.81. The smallest absolute Gasteiger partial charge is 0.147 e. The molecule has 0 unspecified atom stereocenters. The molecule has 164 valence electrons. The molecule has 1 atom stereocenters. The largest absolute Gasteiger partial charge is 0.361 e. The van der Waals surface area contributed by atoms with Crippen molar-refractivity contribution in [3.05, 3.63) is 108 Å². The number of hydrogen-bond acceptors (Lipinski definition) is 2. The number of ketones is 1. The molecule has 4 aromatic rings. The second kappa shape index (κ2) is 9.54. The fraction of sp³-hybridized carbons (Fsp3) is 0.276. The second-order valence-electron chi connectivity index (χ2n) is 8.80. The summed E-state index contributed by atoms with van der Waals surface area (Å²) < 4.78 is 0. The number of para-hydroxylation sites is 1. The van der Waals surface area contributed by atoms with E-state index in [-0.39, 0.29) is 11.8 Å². The van der Waals surface area contributed by atoms with E-state index in [1.165, 1.54) is 10.9 Å². The van der Waals surface area contributed by atoms with E-state index in [0.29, 0.717) is 6.42 Å². The van der Waals surface area contributed by atoms with Crippen LogP contribution >= 0.6 is 0 Å². The molecule has 0 amide bonds. The van der Waals surface area contributed by atoms with E-state index in [2.05, 4.69) is 78.7 Å². The fourth-order valence-corrected chi connectivity index (χ4v) is 4.93. The highest BCUT2D eigenvalue weighted by atomic mass is 16.1. The first-order chi connectivity index (χ1) is 15.6. The first-order valence-corrected chi connectivity index (χ1v) is 11.4. The molecule has 0 aliphatic carbocycles. The summed E-state index contributed by atoms with van der Waals surface area (Å²) in [5, 5.41) is 1.26. The van der Waals surface area contributed by atoms with Gasteiger partial charge in [-0.25, -0.2) is 0 Å². The Bertz CT molecular complexity index is 1120. The SMILES string of the molecule is CCC(=O)C(C[C@H](Cc1c[nH]c2ccccc12)N(C)C)(c1ccccc1)c1ccccc1. The molecule has 1 aromatic heterocycles. The van der Waals surface area contributed by atoms with Crippen LogP contribution in [0.3, 0.4) is 0 Å². The summed E-state index contributed by atoms with van der Waals surface area (Å²) in [5.41, 5.74) is 3.91. The quantitative estimate of drug-likeness (QED) is 0.358. The Morgan fingerprint density at radius 2 is 1.44 bits per heavy atom. The van der Waals surface area contributed by atoms with Crippen LogP contribution in [-0.4, -0.2) is 35.8 Å². The Hall–Kier alpha value is -3.17. The Labute approximate surface area is 191 Å². The van der Waals surface area contributed by atoms with Crippen molar-refractivity contribution in [2.45, 2.75) is 37.6 Å². The zero-order valence-corrected chi connectivity index (χ0v) is 19.2. The Morgan fingerprint density at radius 1 is 0.875 bits per heavy atom. The maximum absolute atomic E-state index is 13.8. The van der Waals surface area contributed by atoms with Crippen molar-refractivity contribution in [1.29, 1.82) is 0 Å². The summed E-state index contributed by atoms with van der Waals surface area (Å²) >= 11 is 0. The number of carbonyl (C=O) groups is 1. The topological polar surface area (TPSA) is 36.1 Å². The first kappa shape index (κ1) is 22.0. The minimum atomic E-state index is -0.682. The molecule has 1 N–H and O–H groups in total. The number of nitrogens with zero attached hydrogens (tertiary/aromatic N) is 1. The molecule has 32 heavy (non-hydrogen) atoms. The van der Waals surface area contributed by atoms with Gasteiger partial charge in [0.15, 0.2) is 0 Å². The third-order valence-corrected chi connectivity index (χ3v) is 6.73. The van der Waals surface area contributed by atoms with E-state index in [0.717, 1.165) is 29.5 Å². The lowest BCUT2D eigenvalue weighted by Crippen LogP contribution is -2.44. The monoisotopic (exact) mass is 424 g/mol. The van der Waals surface area contributed by atoms with Crippen molar-refractivity contribution in [3.63, 3.8) is 0 Å². The summed E-state index contributed by atoms with van der Waals surface area (Å²) in [6.07, 6.45) is 4.21. The van der Waals surface area contributed by atoms with Crippen molar-refractivity contribution >= 4 is 16.7 Å². The molecule has 0 fully saturated rings. The van der Waals surface area contributed by atoms with Gasteiger partial charge in [-0.2, -0.15) is 0 Å². The van der Waals surface area contributed by atoms with E-state index in [9.17, 15) is 4.79 Å². The summed E-state index contributed by atoms with van der Waals surface area (Å²) in [6, 6.07) is 29.3. The van der Waals surface area contributed by atoms with Crippen LogP contribution in [0.1, 0.15) is 36.5 Å². The van der Waals surface area contributed by atoms with Crippen LogP contribution in [0.2, 0.25) is 0 Å². The summed E-state index contributed by atoms with van der Waals surface area (Å²) in [5.74, 6) is 0.265. The van der Waals surface area contributed by atoms with Crippen LogP contribution in [0.15, 0.2) is 91.1 Å². The number of aromatic amines is 1. The summed E-state index contributed by atoms with van der Waals surface area (Å²) in [7, 11) is 4.24. The fourth-order valence-electron chi connectivity index (χ4n) is 4.93. The standard InChI is InChI=1S/C29H32N2O/c1-4-28(32)29(23-13-7-5-8-14-23,24-15-9-6-10-16-24)20-25(31(2)3)19-22-21-30-27-18-12-11-17-26(22)27/h5-18,21,25,30H,4,19-20H2,1-3H3/t25-/m0/s1. The van der Waals surface area contributed by atoms with Gasteiger partial charge in [0.2, 0.25) is 0 Å². The van der Waals surface area contributed by atoms with Crippen LogP contribution in [-0.2, 0) is 16.6 Å². The lowest BCUT2D eigenvalue weighted by Gasteiger charge is -2.39. The molecular weight excluding hydrogens is 392 g/mol. The molecule has 4 rings (SSSR count). The molecular formula is C29H32N2O. The second-order valence-corrected chi connectivity index (χ2v) is 8.80. The third kappa shape index (κ3) is 4.13. The van der Waals surface area contributed by atoms with Gasteiger partial charge in [-0.05, 0) is 49.7 Å². The van der Waals surface area contributed by atoms with Crippen molar-refractivity contribution < 1.29 is 4.79 Å². The Morgan fingerprint density at radius 3 is 2.00 bits per heavy atom. The van der Waals surface area contributed by atoms with Crippen LogP contribution in [0.4, 0.5) is 0 Å². The molecule has 0 saturated carbocycles. The number of aromatic nitrogens is 1. The van der Waals surface area contributed by atoms with E-state index in [1.807, 2.05) is 43.3 Å². The summed E-state index contributed by atoms with van der Waals surface area (Å²) in [6.45, 7) is 1.98. The molecule has 0 bridgehead atoms. The van der Waals surface area contributed by atoms with E-state index < -0.39 is 5.41 Å². The highest BCUT2D eigenvalue weighted by Crippen LogP contribution is 2.40. The van der Waals surface area contributed by atoms with Crippen molar-refractivity contribution in [3.8, 4) is 0 Å². The molecule has 3 nitrogen and oxygen atoms in total. The van der Waals surface area contributed by atoms with Crippen molar-refractivity contribution in [2.24, 2.45) is 0 Å².